The number of ether oxygens (including phenoxy) is 1. The fourth-order valence-corrected chi connectivity index (χ4v) is 2.91. The largest absolute Gasteiger partial charge is 0.469 e. The first-order valence-electron chi connectivity index (χ1n) is 7.43. The summed E-state index contributed by atoms with van der Waals surface area (Å²) in [6.07, 6.45) is -4.20. The Hall–Kier alpha value is -2.92. The van der Waals surface area contributed by atoms with Crippen molar-refractivity contribution in [3.05, 3.63) is 37.9 Å². The van der Waals surface area contributed by atoms with Crippen LogP contribution in [-0.4, -0.2) is 36.0 Å². The van der Waals surface area contributed by atoms with Crippen molar-refractivity contribution >= 4 is 23.0 Å². The number of benzene rings is 1. The number of anilines is 1. The van der Waals surface area contributed by atoms with E-state index in [9.17, 15) is 38.2 Å². The number of piperidine rings is 1. The van der Waals surface area contributed by atoms with E-state index in [2.05, 4.69) is 4.74 Å². The number of hydrogen-bond acceptors (Lipinski definition) is 7. The van der Waals surface area contributed by atoms with E-state index in [4.69, 9.17) is 0 Å². The van der Waals surface area contributed by atoms with Crippen LogP contribution in [0.15, 0.2) is 12.1 Å². The molecule has 0 aliphatic carbocycles. The molecule has 1 fully saturated rings. The number of hydrogen-bond donors (Lipinski definition) is 0. The third-order valence-corrected chi connectivity index (χ3v) is 4.06. The van der Waals surface area contributed by atoms with Crippen molar-refractivity contribution in [3.8, 4) is 0 Å². The molecule has 1 heterocycles. The van der Waals surface area contributed by atoms with E-state index in [1.807, 2.05) is 0 Å². The predicted octanol–water partition coefficient (Wildman–Crippen LogP) is 2.91. The molecule has 1 atom stereocenters. The molecular weight excluding hydrogens is 363 g/mol. The first-order valence-corrected chi connectivity index (χ1v) is 7.43. The first kappa shape index (κ1) is 19.4. The van der Waals surface area contributed by atoms with Gasteiger partial charge >= 0.3 is 12.1 Å². The molecule has 0 unspecified atom stereocenters. The summed E-state index contributed by atoms with van der Waals surface area (Å²) in [5.41, 5.74) is -4.09. The highest BCUT2D eigenvalue weighted by atomic mass is 19.4. The Labute approximate surface area is 144 Å². The minimum Gasteiger partial charge on any atom is -0.469 e. The van der Waals surface area contributed by atoms with Crippen molar-refractivity contribution in [2.24, 2.45) is 5.92 Å². The lowest BCUT2D eigenvalue weighted by molar-refractivity contribution is -0.393. The number of nitro groups is 2. The lowest BCUT2D eigenvalue weighted by atomic mass is 9.97. The van der Waals surface area contributed by atoms with Crippen LogP contribution in [0.3, 0.4) is 0 Å². The second-order valence-electron chi connectivity index (χ2n) is 5.68. The molecule has 0 radical (unpaired) electrons. The third-order valence-electron chi connectivity index (χ3n) is 4.06. The number of methoxy groups -OCH3 is 1. The fourth-order valence-electron chi connectivity index (χ4n) is 2.91. The summed E-state index contributed by atoms with van der Waals surface area (Å²) in [5, 5.41) is 22.6. The van der Waals surface area contributed by atoms with Gasteiger partial charge < -0.3 is 9.64 Å². The predicted molar refractivity (Wildman–Crippen MR) is 81.7 cm³/mol. The molecule has 0 saturated carbocycles. The zero-order valence-corrected chi connectivity index (χ0v) is 13.5. The molecule has 0 amide bonds. The molecule has 2 rings (SSSR count). The average Bonchev–Trinajstić information content (AvgIpc) is 2.58. The van der Waals surface area contributed by atoms with Gasteiger partial charge in [-0.1, -0.05) is 0 Å². The third kappa shape index (κ3) is 3.83. The molecule has 1 aliphatic rings. The van der Waals surface area contributed by atoms with Gasteiger partial charge in [-0.05, 0) is 12.8 Å². The maximum atomic E-state index is 12.9. The quantitative estimate of drug-likeness (QED) is 0.450. The van der Waals surface area contributed by atoms with Gasteiger partial charge in [-0.3, -0.25) is 25.0 Å². The normalized spacial score (nSPS) is 17.7. The number of halogens is 3. The molecule has 12 heteroatoms. The summed E-state index contributed by atoms with van der Waals surface area (Å²) in [6.45, 7) is 0.000255. The van der Waals surface area contributed by atoms with Gasteiger partial charge in [0.15, 0.2) is 5.69 Å². The van der Waals surface area contributed by atoms with E-state index in [-0.39, 0.29) is 25.2 Å². The SMILES string of the molecule is COC(=O)[C@H]1CCCN(c2c([N+](=O)[O-])cc(C(F)(F)F)cc2[N+](=O)[O-])C1. The Morgan fingerprint density at radius 3 is 2.19 bits per heavy atom. The first-order chi connectivity index (χ1) is 12.1. The Balaban J connectivity index is 2.60. The topological polar surface area (TPSA) is 116 Å². The second kappa shape index (κ2) is 7.14. The highest BCUT2D eigenvalue weighted by molar-refractivity contribution is 5.78. The van der Waals surface area contributed by atoms with E-state index >= 15 is 0 Å². The van der Waals surface area contributed by atoms with Crippen LogP contribution in [0.5, 0.6) is 0 Å². The number of alkyl halides is 3. The maximum absolute atomic E-state index is 12.9. The van der Waals surface area contributed by atoms with E-state index in [1.165, 1.54) is 4.90 Å². The highest BCUT2D eigenvalue weighted by Gasteiger charge is 2.40. The standard InChI is InChI=1S/C14H14F3N3O6/c1-26-13(21)8-3-2-4-18(7-8)12-10(19(22)23)5-9(14(15,16)17)6-11(12)20(24)25/h5-6,8H,2-4,7H2,1H3/t8-/m0/s1. The Morgan fingerprint density at radius 2 is 1.77 bits per heavy atom. The molecule has 0 N–H and O–H groups in total. The Kier molecular flexibility index (Phi) is 5.33. The summed E-state index contributed by atoms with van der Waals surface area (Å²) < 4.78 is 43.4. The molecule has 26 heavy (non-hydrogen) atoms. The van der Waals surface area contributed by atoms with E-state index in [0.29, 0.717) is 12.8 Å². The number of nitro benzene ring substituents is 2. The summed E-state index contributed by atoms with van der Waals surface area (Å²) in [6, 6.07) is 0.536. The van der Waals surface area contributed by atoms with Gasteiger partial charge in [-0.2, -0.15) is 13.2 Å². The second-order valence-corrected chi connectivity index (χ2v) is 5.68. The summed E-state index contributed by atoms with van der Waals surface area (Å²) >= 11 is 0. The molecule has 142 valence electrons. The number of esters is 1. The minimum absolute atomic E-state index is 0.125. The molecule has 0 spiro atoms. The lowest BCUT2D eigenvalue weighted by Crippen LogP contribution is -2.39. The fraction of sp³-hybridized carbons (Fsp3) is 0.500. The zero-order chi connectivity index (χ0) is 19.6. The van der Waals surface area contributed by atoms with Crippen molar-refractivity contribution in [2.45, 2.75) is 19.0 Å². The highest BCUT2D eigenvalue weighted by Crippen LogP contribution is 2.44. The van der Waals surface area contributed by atoms with Gasteiger partial charge in [0.25, 0.3) is 11.4 Å². The van der Waals surface area contributed by atoms with Gasteiger partial charge in [0.1, 0.15) is 0 Å². The molecule has 1 aromatic carbocycles. The van der Waals surface area contributed by atoms with Crippen LogP contribution >= 0.6 is 0 Å². The molecule has 0 aromatic heterocycles. The van der Waals surface area contributed by atoms with E-state index < -0.39 is 50.5 Å². The molecule has 1 aliphatic heterocycles. The van der Waals surface area contributed by atoms with Gasteiger partial charge in [-0.25, -0.2) is 0 Å². The Bertz CT molecular complexity index is 717. The van der Waals surface area contributed by atoms with Crippen LogP contribution in [0.25, 0.3) is 0 Å². The van der Waals surface area contributed by atoms with Gasteiger partial charge in [0, 0.05) is 25.2 Å². The van der Waals surface area contributed by atoms with Crippen molar-refractivity contribution < 1.29 is 32.5 Å². The van der Waals surface area contributed by atoms with Gasteiger partial charge in [0.2, 0.25) is 0 Å². The van der Waals surface area contributed by atoms with Crippen LogP contribution in [0, 0.1) is 26.1 Å². The van der Waals surface area contributed by atoms with Crippen molar-refractivity contribution in [1.29, 1.82) is 0 Å². The molecule has 9 nitrogen and oxygen atoms in total. The number of rotatable bonds is 4. The van der Waals surface area contributed by atoms with Gasteiger partial charge in [-0.15, -0.1) is 0 Å². The summed E-state index contributed by atoms with van der Waals surface area (Å²) in [5.74, 6) is -1.28. The van der Waals surface area contributed by atoms with Crippen LogP contribution in [0.1, 0.15) is 18.4 Å². The molecule has 0 bridgehead atoms. The lowest BCUT2D eigenvalue weighted by Gasteiger charge is -2.32. The summed E-state index contributed by atoms with van der Waals surface area (Å²) in [4.78, 5) is 33.3. The van der Waals surface area contributed by atoms with E-state index in [0.717, 1.165) is 7.11 Å². The van der Waals surface area contributed by atoms with Crippen molar-refractivity contribution in [3.63, 3.8) is 0 Å². The average molecular weight is 377 g/mol. The number of carbonyl (C=O) groups is 1. The Morgan fingerprint density at radius 1 is 1.23 bits per heavy atom. The monoisotopic (exact) mass is 377 g/mol. The van der Waals surface area contributed by atoms with Crippen molar-refractivity contribution in [1.82, 2.24) is 0 Å². The minimum atomic E-state index is -4.98. The molecular formula is C14H14F3N3O6. The van der Waals surface area contributed by atoms with Crippen LogP contribution in [0.2, 0.25) is 0 Å². The van der Waals surface area contributed by atoms with Crippen LogP contribution in [-0.2, 0) is 15.7 Å². The number of carbonyl (C=O) groups excluding carboxylic acids is 1. The molecule has 1 saturated heterocycles. The summed E-state index contributed by atoms with van der Waals surface area (Å²) in [7, 11) is 1.16. The van der Waals surface area contributed by atoms with Crippen LogP contribution in [0.4, 0.5) is 30.2 Å². The maximum Gasteiger partial charge on any atom is 0.416 e. The zero-order valence-electron chi connectivity index (χ0n) is 13.5. The number of nitrogens with zero attached hydrogens (tertiary/aromatic N) is 3. The smallest absolute Gasteiger partial charge is 0.416 e. The van der Waals surface area contributed by atoms with E-state index in [1.54, 1.807) is 0 Å². The van der Waals surface area contributed by atoms with Gasteiger partial charge in [0.05, 0.1) is 28.4 Å². The van der Waals surface area contributed by atoms with Crippen molar-refractivity contribution in [2.75, 3.05) is 25.1 Å². The van der Waals surface area contributed by atoms with Crippen LogP contribution < -0.4 is 4.90 Å². The molecule has 1 aromatic rings.